The Morgan fingerprint density at radius 3 is 2.94 bits per heavy atom. The minimum atomic E-state index is -0.407. The Morgan fingerprint density at radius 1 is 1.38 bits per heavy atom. The largest absolute Gasteiger partial charge is 0.388 e. The van der Waals surface area contributed by atoms with Gasteiger partial charge in [0.25, 0.3) is 0 Å². The Bertz CT molecular complexity index is 439. The summed E-state index contributed by atoms with van der Waals surface area (Å²) >= 11 is 1.74. The third kappa shape index (κ3) is 2.68. The topological polar surface area (TPSA) is 33.1 Å². The van der Waals surface area contributed by atoms with Crippen molar-refractivity contribution < 1.29 is 5.11 Å². The van der Waals surface area contributed by atoms with Crippen molar-refractivity contribution in [1.82, 2.24) is 4.98 Å². The minimum absolute atomic E-state index is 0.407. The van der Waals surface area contributed by atoms with E-state index in [9.17, 15) is 5.11 Å². The van der Waals surface area contributed by atoms with Gasteiger partial charge >= 0.3 is 0 Å². The van der Waals surface area contributed by atoms with Gasteiger partial charge in [-0.2, -0.15) is 0 Å². The highest BCUT2D eigenvalue weighted by Crippen LogP contribution is 2.22. The van der Waals surface area contributed by atoms with E-state index in [2.05, 4.69) is 16.4 Å². The van der Waals surface area contributed by atoms with E-state index in [0.29, 0.717) is 0 Å². The summed E-state index contributed by atoms with van der Waals surface area (Å²) in [5.41, 5.74) is 1.86. The van der Waals surface area contributed by atoms with Crippen molar-refractivity contribution in [1.29, 1.82) is 0 Å². The molecule has 1 N–H and O–H groups in total. The maximum atomic E-state index is 10.1. The number of pyridine rings is 1. The predicted octanol–water partition coefficient (Wildman–Crippen LogP) is 3.12. The van der Waals surface area contributed by atoms with Crippen molar-refractivity contribution in [3.8, 4) is 0 Å². The number of aliphatic hydroxyl groups excluding tert-OH is 1. The maximum absolute atomic E-state index is 10.1. The van der Waals surface area contributed by atoms with Crippen LogP contribution in [0.5, 0.6) is 0 Å². The van der Waals surface area contributed by atoms with Gasteiger partial charge in [0.1, 0.15) is 0 Å². The van der Waals surface area contributed by atoms with E-state index in [1.165, 1.54) is 4.88 Å². The second-order valence-electron chi connectivity index (χ2n) is 3.81. The fourth-order valence-electron chi connectivity index (χ4n) is 1.74. The molecule has 0 saturated carbocycles. The van der Waals surface area contributed by atoms with Crippen LogP contribution in [0.25, 0.3) is 0 Å². The van der Waals surface area contributed by atoms with Crippen LogP contribution in [0.3, 0.4) is 0 Å². The summed E-state index contributed by atoms with van der Waals surface area (Å²) in [6.45, 7) is 1.93. The van der Waals surface area contributed by atoms with Gasteiger partial charge in [-0.25, -0.2) is 0 Å². The summed E-state index contributed by atoms with van der Waals surface area (Å²) in [6.07, 6.45) is 3.03. The Hall–Kier alpha value is -1.19. The highest BCUT2D eigenvalue weighted by molar-refractivity contribution is 7.09. The van der Waals surface area contributed by atoms with Crippen LogP contribution in [0.1, 0.15) is 28.7 Å². The molecule has 1 unspecified atom stereocenters. The summed E-state index contributed by atoms with van der Waals surface area (Å²) in [5.74, 6) is 0. The van der Waals surface area contributed by atoms with Crippen LogP contribution < -0.4 is 0 Å². The molecule has 2 aromatic heterocycles. The summed E-state index contributed by atoms with van der Waals surface area (Å²) in [6, 6.07) is 7.97. The quantitative estimate of drug-likeness (QED) is 0.880. The molecule has 0 radical (unpaired) electrons. The zero-order chi connectivity index (χ0) is 11.4. The van der Waals surface area contributed by atoms with Gasteiger partial charge in [-0.05, 0) is 37.3 Å². The first kappa shape index (κ1) is 11.3. The Morgan fingerprint density at radius 2 is 2.25 bits per heavy atom. The van der Waals surface area contributed by atoms with E-state index in [-0.39, 0.29) is 0 Å². The molecule has 2 rings (SSSR count). The molecule has 1 atom stereocenters. The molecular weight excluding hydrogens is 218 g/mol. The van der Waals surface area contributed by atoms with Gasteiger partial charge in [0.2, 0.25) is 0 Å². The first-order valence-electron chi connectivity index (χ1n) is 5.39. The SMILES string of the molecule is Cc1ncccc1C(O)CCc1cccs1. The van der Waals surface area contributed by atoms with Gasteiger partial charge in [-0.1, -0.05) is 12.1 Å². The second kappa shape index (κ2) is 5.23. The lowest BCUT2D eigenvalue weighted by atomic mass is 10.0. The number of hydrogen-bond acceptors (Lipinski definition) is 3. The molecule has 84 valence electrons. The molecule has 0 fully saturated rings. The van der Waals surface area contributed by atoms with E-state index in [0.717, 1.165) is 24.1 Å². The van der Waals surface area contributed by atoms with E-state index >= 15 is 0 Å². The van der Waals surface area contributed by atoms with Crippen LogP contribution in [-0.4, -0.2) is 10.1 Å². The molecule has 2 heterocycles. The first-order chi connectivity index (χ1) is 7.77. The highest BCUT2D eigenvalue weighted by atomic mass is 32.1. The Balaban J connectivity index is 1.98. The molecule has 2 nitrogen and oxygen atoms in total. The number of aromatic nitrogens is 1. The Labute approximate surface area is 99.6 Å². The molecule has 0 aromatic carbocycles. The van der Waals surface area contributed by atoms with Gasteiger partial charge < -0.3 is 5.11 Å². The van der Waals surface area contributed by atoms with Crippen LogP contribution in [0.15, 0.2) is 35.8 Å². The lowest BCUT2D eigenvalue weighted by Gasteiger charge is -2.12. The standard InChI is InChI=1S/C13H15NOS/c1-10-12(5-2-8-14-10)13(15)7-6-11-4-3-9-16-11/h2-5,8-9,13,15H,6-7H2,1H3. The zero-order valence-electron chi connectivity index (χ0n) is 9.26. The van der Waals surface area contributed by atoms with Gasteiger partial charge in [-0.15, -0.1) is 11.3 Å². The molecule has 0 aliphatic rings. The van der Waals surface area contributed by atoms with Crippen molar-refractivity contribution >= 4 is 11.3 Å². The van der Waals surface area contributed by atoms with Crippen LogP contribution in [0.2, 0.25) is 0 Å². The van der Waals surface area contributed by atoms with Crippen molar-refractivity contribution in [2.45, 2.75) is 25.9 Å². The van der Waals surface area contributed by atoms with Crippen LogP contribution in [-0.2, 0) is 6.42 Å². The molecule has 3 heteroatoms. The van der Waals surface area contributed by atoms with Crippen LogP contribution in [0.4, 0.5) is 0 Å². The summed E-state index contributed by atoms with van der Waals surface area (Å²) in [7, 11) is 0. The van der Waals surface area contributed by atoms with E-state index in [1.54, 1.807) is 17.5 Å². The van der Waals surface area contributed by atoms with E-state index in [4.69, 9.17) is 0 Å². The number of thiophene rings is 1. The third-order valence-electron chi connectivity index (χ3n) is 2.65. The number of hydrogen-bond donors (Lipinski definition) is 1. The lowest BCUT2D eigenvalue weighted by Crippen LogP contribution is -2.02. The first-order valence-corrected chi connectivity index (χ1v) is 6.27. The summed E-state index contributed by atoms with van der Waals surface area (Å²) in [5, 5.41) is 12.1. The number of aliphatic hydroxyl groups is 1. The number of nitrogens with zero attached hydrogens (tertiary/aromatic N) is 1. The minimum Gasteiger partial charge on any atom is -0.388 e. The summed E-state index contributed by atoms with van der Waals surface area (Å²) < 4.78 is 0. The maximum Gasteiger partial charge on any atom is 0.0811 e. The second-order valence-corrected chi connectivity index (χ2v) is 4.84. The Kier molecular flexibility index (Phi) is 3.70. The van der Waals surface area contributed by atoms with E-state index in [1.807, 2.05) is 25.1 Å². The molecule has 0 amide bonds. The third-order valence-corrected chi connectivity index (χ3v) is 3.59. The molecule has 0 spiro atoms. The van der Waals surface area contributed by atoms with Crippen molar-refractivity contribution in [2.24, 2.45) is 0 Å². The molecule has 0 bridgehead atoms. The fraction of sp³-hybridized carbons (Fsp3) is 0.308. The van der Waals surface area contributed by atoms with Gasteiger partial charge in [-0.3, -0.25) is 4.98 Å². The highest BCUT2D eigenvalue weighted by Gasteiger charge is 2.10. The van der Waals surface area contributed by atoms with E-state index < -0.39 is 6.10 Å². The molecule has 16 heavy (non-hydrogen) atoms. The fourth-order valence-corrected chi connectivity index (χ4v) is 2.46. The molecule has 2 aromatic rings. The van der Waals surface area contributed by atoms with Crippen molar-refractivity contribution in [3.63, 3.8) is 0 Å². The van der Waals surface area contributed by atoms with Gasteiger partial charge in [0.15, 0.2) is 0 Å². The van der Waals surface area contributed by atoms with Crippen LogP contribution in [0, 0.1) is 6.92 Å². The summed E-state index contributed by atoms with van der Waals surface area (Å²) in [4.78, 5) is 5.51. The number of aryl methyl sites for hydroxylation is 2. The molecule has 0 aliphatic carbocycles. The number of rotatable bonds is 4. The van der Waals surface area contributed by atoms with Crippen LogP contribution >= 0.6 is 11.3 Å². The predicted molar refractivity (Wildman–Crippen MR) is 66.6 cm³/mol. The molecular formula is C13H15NOS. The van der Waals surface area contributed by atoms with Crippen molar-refractivity contribution in [2.75, 3.05) is 0 Å². The van der Waals surface area contributed by atoms with Gasteiger partial charge in [0.05, 0.1) is 6.10 Å². The zero-order valence-corrected chi connectivity index (χ0v) is 10.1. The van der Waals surface area contributed by atoms with Crippen molar-refractivity contribution in [3.05, 3.63) is 52.0 Å². The lowest BCUT2D eigenvalue weighted by molar-refractivity contribution is 0.167. The molecule has 0 saturated heterocycles. The normalized spacial score (nSPS) is 12.6. The smallest absolute Gasteiger partial charge is 0.0811 e. The molecule has 0 aliphatic heterocycles. The van der Waals surface area contributed by atoms with Gasteiger partial charge in [0, 0.05) is 22.3 Å². The monoisotopic (exact) mass is 233 g/mol. The average molecular weight is 233 g/mol. The average Bonchev–Trinajstić information content (AvgIpc) is 2.79.